The zero-order valence-corrected chi connectivity index (χ0v) is 11.0. The molecule has 1 aromatic rings. The molecule has 0 radical (unpaired) electrons. The van der Waals surface area contributed by atoms with Crippen LogP contribution >= 0.6 is 0 Å². The molecular formula is C12H15N3O5. The van der Waals surface area contributed by atoms with E-state index in [0.717, 1.165) is 12.5 Å². The topological polar surface area (TPSA) is 109 Å². The first-order valence-electron chi connectivity index (χ1n) is 6.31. The molecule has 1 amide bonds. The van der Waals surface area contributed by atoms with Gasteiger partial charge in [0.25, 0.3) is 5.91 Å². The SMILES string of the molecule is CCC1CN(C(=O)c2ccc([N+](=O)[O-])o2)CC/C1=N\O. The first kappa shape index (κ1) is 14.0. The quantitative estimate of drug-likeness (QED) is 0.517. The summed E-state index contributed by atoms with van der Waals surface area (Å²) >= 11 is 0. The van der Waals surface area contributed by atoms with E-state index in [0.29, 0.717) is 25.2 Å². The van der Waals surface area contributed by atoms with E-state index in [-0.39, 0.29) is 17.6 Å². The van der Waals surface area contributed by atoms with Crippen molar-refractivity contribution in [1.29, 1.82) is 0 Å². The number of carbonyl (C=O) groups excluding carboxylic acids is 1. The molecule has 1 fully saturated rings. The van der Waals surface area contributed by atoms with E-state index in [4.69, 9.17) is 9.62 Å². The van der Waals surface area contributed by atoms with Gasteiger partial charge < -0.3 is 14.5 Å². The Kier molecular flexibility index (Phi) is 4.02. The molecule has 1 saturated heterocycles. The Balaban J connectivity index is 2.11. The summed E-state index contributed by atoms with van der Waals surface area (Å²) in [5, 5.41) is 22.7. The number of furan rings is 1. The summed E-state index contributed by atoms with van der Waals surface area (Å²) < 4.78 is 4.91. The van der Waals surface area contributed by atoms with Gasteiger partial charge in [0.15, 0.2) is 5.76 Å². The van der Waals surface area contributed by atoms with Crippen LogP contribution in [-0.4, -0.2) is 39.7 Å². The van der Waals surface area contributed by atoms with Gasteiger partial charge in [-0.05, 0) is 12.5 Å². The number of oxime groups is 1. The number of carbonyl (C=O) groups is 1. The smallest absolute Gasteiger partial charge is 0.411 e. The zero-order valence-electron chi connectivity index (χ0n) is 11.0. The molecular weight excluding hydrogens is 266 g/mol. The van der Waals surface area contributed by atoms with E-state index < -0.39 is 10.8 Å². The van der Waals surface area contributed by atoms with Crippen molar-refractivity contribution >= 4 is 17.5 Å². The number of amides is 1. The molecule has 1 aliphatic rings. The Hall–Kier alpha value is -2.38. The fourth-order valence-electron chi connectivity index (χ4n) is 2.29. The molecule has 1 aliphatic heterocycles. The Morgan fingerprint density at radius 1 is 1.65 bits per heavy atom. The van der Waals surface area contributed by atoms with Crippen molar-refractivity contribution in [3.63, 3.8) is 0 Å². The Bertz CT molecular complexity index is 551. The first-order valence-corrected chi connectivity index (χ1v) is 6.31. The lowest BCUT2D eigenvalue weighted by Gasteiger charge is -2.32. The van der Waals surface area contributed by atoms with Crippen molar-refractivity contribution in [2.75, 3.05) is 13.1 Å². The molecule has 1 atom stereocenters. The van der Waals surface area contributed by atoms with Gasteiger partial charge in [-0.25, -0.2) is 0 Å². The van der Waals surface area contributed by atoms with Crippen LogP contribution in [0.1, 0.15) is 30.3 Å². The van der Waals surface area contributed by atoms with Gasteiger partial charge >= 0.3 is 5.88 Å². The van der Waals surface area contributed by atoms with Crippen molar-refractivity contribution in [3.8, 4) is 0 Å². The molecule has 1 aromatic heterocycles. The average molecular weight is 281 g/mol. The maximum Gasteiger partial charge on any atom is 0.433 e. The minimum absolute atomic E-state index is 0.00245. The summed E-state index contributed by atoms with van der Waals surface area (Å²) in [7, 11) is 0. The van der Waals surface area contributed by atoms with Crippen LogP contribution in [0.4, 0.5) is 5.88 Å². The highest BCUT2D eigenvalue weighted by Crippen LogP contribution is 2.22. The van der Waals surface area contributed by atoms with Crippen molar-refractivity contribution < 1.29 is 19.3 Å². The predicted octanol–water partition coefficient (Wildman–Crippen LogP) is 1.89. The first-order chi connectivity index (χ1) is 9.56. The van der Waals surface area contributed by atoms with Crippen LogP contribution in [0.3, 0.4) is 0 Å². The molecule has 1 unspecified atom stereocenters. The van der Waals surface area contributed by atoms with Gasteiger partial charge in [-0.15, -0.1) is 0 Å². The van der Waals surface area contributed by atoms with Crippen LogP contribution in [0.5, 0.6) is 0 Å². The normalized spacial score (nSPS) is 21.1. The van der Waals surface area contributed by atoms with E-state index >= 15 is 0 Å². The molecule has 1 N–H and O–H groups in total. The molecule has 8 heteroatoms. The van der Waals surface area contributed by atoms with Crippen molar-refractivity contribution in [2.45, 2.75) is 19.8 Å². The van der Waals surface area contributed by atoms with Crippen molar-refractivity contribution in [2.24, 2.45) is 11.1 Å². The third-order valence-corrected chi connectivity index (χ3v) is 3.44. The van der Waals surface area contributed by atoms with E-state index in [2.05, 4.69) is 5.16 Å². The van der Waals surface area contributed by atoms with Crippen molar-refractivity contribution in [1.82, 2.24) is 4.90 Å². The molecule has 8 nitrogen and oxygen atoms in total. The fourth-order valence-corrected chi connectivity index (χ4v) is 2.29. The monoisotopic (exact) mass is 281 g/mol. The molecule has 0 saturated carbocycles. The van der Waals surface area contributed by atoms with Crippen LogP contribution in [0, 0.1) is 16.0 Å². The summed E-state index contributed by atoms with van der Waals surface area (Å²) in [4.78, 5) is 23.6. The summed E-state index contributed by atoms with van der Waals surface area (Å²) in [6.07, 6.45) is 1.24. The predicted molar refractivity (Wildman–Crippen MR) is 68.9 cm³/mol. The van der Waals surface area contributed by atoms with E-state index in [1.807, 2.05) is 6.92 Å². The second kappa shape index (κ2) is 5.72. The lowest BCUT2D eigenvalue weighted by molar-refractivity contribution is -0.402. The number of hydrogen-bond donors (Lipinski definition) is 1. The summed E-state index contributed by atoms with van der Waals surface area (Å²) in [5.74, 6) is -0.873. The number of rotatable bonds is 3. The number of nitrogens with zero attached hydrogens (tertiary/aromatic N) is 3. The van der Waals surface area contributed by atoms with Crippen LogP contribution in [0.15, 0.2) is 21.7 Å². The maximum absolute atomic E-state index is 12.2. The molecule has 20 heavy (non-hydrogen) atoms. The molecule has 0 aliphatic carbocycles. The van der Waals surface area contributed by atoms with Gasteiger partial charge in [-0.1, -0.05) is 12.1 Å². The Labute approximate surface area is 114 Å². The maximum atomic E-state index is 12.2. The van der Waals surface area contributed by atoms with E-state index in [1.165, 1.54) is 6.07 Å². The highest BCUT2D eigenvalue weighted by molar-refractivity contribution is 5.94. The third-order valence-electron chi connectivity index (χ3n) is 3.44. The average Bonchev–Trinajstić information content (AvgIpc) is 2.95. The Morgan fingerprint density at radius 2 is 2.40 bits per heavy atom. The van der Waals surface area contributed by atoms with E-state index in [9.17, 15) is 14.9 Å². The largest absolute Gasteiger partial charge is 0.433 e. The van der Waals surface area contributed by atoms with Gasteiger partial charge in [0.05, 0.1) is 11.8 Å². The number of hydrogen-bond acceptors (Lipinski definition) is 6. The second-order valence-electron chi connectivity index (χ2n) is 4.59. The van der Waals surface area contributed by atoms with Gasteiger partial charge in [-0.3, -0.25) is 14.9 Å². The van der Waals surface area contributed by atoms with Gasteiger partial charge in [0, 0.05) is 25.4 Å². The van der Waals surface area contributed by atoms with Crippen LogP contribution in [0.2, 0.25) is 0 Å². The number of nitro groups is 1. The number of piperidine rings is 1. The lowest BCUT2D eigenvalue weighted by atomic mass is 9.93. The van der Waals surface area contributed by atoms with Crippen LogP contribution < -0.4 is 0 Å². The molecule has 0 bridgehead atoms. The van der Waals surface area contributed by atoms with Gasteiger partial charge in [0.2, 0.25) is 0 Å². The fraction of sp³-hybridized carbons (Fsp3) is 0.500. The summed E-state index contributed by atoms with van der Waals surface area (Å²) in [6, 6.07) is 2.46. The highest BCUT2D eigenvalue weighted by Gasteiger charge is 2.30. The Morgan fingerprint density at radius 3 is 2.95 bits per heavy atom. The molecule has 2 rings (SSSR count). The number of likely N-dealkylation sites (tertiary alicyclic amines) is 1. The van der Waals surface area contributed by atoms with Crippen LogP contribution in [0.25, 0.3) is 0 Å². The molecule has 2 heterocycles. The van der Waals surface area contributed by atoms with Gasteiger partial charge in [0.1, 0.15) is 4.92 Å². The standard InChI is InChI=1S/C12H15N3O5/c1-2-8-7-14(6-5-9(8)13-17)12(16)10-3-4-11(20-10)15(18)19/h3-4,8,17H,2,5-7H2,1H3/b13-9+. The molecule has 0 spiro atoms. The van der Waals surface area contributed by atoms with Crippen LogP contribution in [-0.2, 0) is 0 Å². The third kappa shape index (κ3) is 2.63. The molecule has 108 valence electrons. The minimum Gasteiger partial charge on any atom is -0.411 e. The summed E-state index contributed by atoms with van der Waals surface area (Å²) in [5.41, 5.74) is 0.682. The van der Waals surface area contributed by atoms with Crippen molar-refractivity contribution in [3.05, 3.63) is 28.0 Å². The van der Waals surface area contributed by atoms with Gasteiger partial charge in [-0.2, -0.15) is 0 Å². The summed E-state index contributed by atoms with van der Waals surface area (Å²) in [6.45, 7) is 2.77. The zero-order chi connectivity index (χ0) is 14.7. The molecule has 0 aromatic carbocycles. The lowest BCUT2D eigenvalue weighted by Crippen LogP contribution is -2.43. The minimum atomic E-state index is -0.682. The second-order valence-corrected chi connectivity index (χ2v) is 4.59. The van der Waals surface area contributed by atoms with E-state index in [1.54, 1.807) is 4.90 Å². The highest BCUT2D eigenvalue weighted by atomic mass is 16.6.